The summed E-state index contributed by atoms with van der Waals surface area (Å²) >= 11 is 5.21. The number of nitrogens with zero attached hydrogens (tertiary/aromatic N) is 1. The Morgan fingerprint density at radius 3 is 2.48 bits per heavy atom. The topological polar surface area (TPSA) is 73.7 Å². The molecule has 2 aromatic carbocycles. The molecule has 0 aliphatic heterocycles. The first-order valence-electron chi connectivity index (χ1n) is 8.22. The Labute approximate surface area is 154 Å². The van der Waals surface area contributed by atoms with Crippen molar-refractivity contribution in [2.75, 3.05) is 26.8 Å². The van der Waals surface area contributed by atoms with Gasteiger partial charge in [-0.3, -0.25) is 0 Å². The minimum absolute atomic E-state index is 0.387. The highest BCUT2D eigenvalue weighted by molar-refractivity contribution is 7.80. The lowest BCUT2D eigenvalue weighted by molar-refractivity contribution is 0.302. The van der Waals surface area contributed by atoms with E-state index in [0.29, 0.717) is 36.3 Å². The van der Waals surface area contributed by atoms with Crippen molar-refractivity contribution in [3.05, 3.63) is 59.7 Å². The van der Waals surface area contributed by atoms with Gasteiger partial charge in [0.15, 0.2) is 16.6 Å². The van der Waals surface area contributed by atoms with Gasteiger partial charge in [-0.15, -0.1) is 0 Å². The summed E-state index contributed by atoms with van der Waals surface area (Å²) in [6, 6.07) is 16.1. The summed E-state index contributed by atoms with van der Waals surface area (Å²) < 4.78 is 11.0. The van der Waals surface area contributed by atoms with Crippen molar-refractivity contribution < 1.29 is 9.47 Å². The second-order valence-electron chi connectivity index (χ2n) is 5.62. The third-order valence-electron chi connectivity index (χ3n) is 3.80. The molecule has 4 N–H and O–H groups in total. The maximum atomic E-state index is 5.90. The molecule has 6 heteroatoms. The summed E-state index contributed by atoms with van der Waals surface area (Å²) in [7, 11) is 1.62. The van der Waals surface area contributed by atoms with E-state index >= 15 is 0 Å². The molecule has 134 valence electrons. The average Bonchev–Trinajstić information content (AvgIpc) is 2.64. The number of hydrogen-bond acceptors (Lipinski definition) is 4. The van der Waals surface area contributed by atoms with Crippen molar-refractivity contribution >= 4 is 17.3 Å². The molecule has 0 saturated carbocycles. The Hall–Kier alpha value is -2.31. The lowest BCUT2D eigenvalue weighted by atomic mass is 10.1. The third kappa shape index (κ3) is 5.92. The van der Waals surface area contributed by atoms with Gasteiger partial charge in [0.05, 0.1) is 7.11 Å². The van der Waals surface area contributed by atoms with E-state index in [0.717, 1.165) is 18.5 Å². The number of methoxy groups -OCH3 is 1. The summed E-state index contributed by atoms with van der Waals surface area (Å²) in [6.07, 6.45) is 0.882. The number of rotatable bonds is 9. The SMILES string of the molecule is COc1cc(CN(CCc2ccccc2)C(N)=S)ccc1OCCN. The van der Waals surface area contributed by atoms with Crippen LogP contribution in [0.1, 0.15) is 11.1 Å². The average molecular weight is 359 g/mol. The highest BCUT2D eigenvalue weighted by Crippen LogP contribution is 2.28. The summed E-state index contributed by atoms with van der Waals surface area (Å²) in [5.74, 6) is 1.36. The van der Waals surface area contributed by atoms with Gasteiger partial charge in [-0.05, 0) is 41.9 Å². The summed E-state index contributed by atoms with van der Waals surface area (Å²) in [5, 5.41) is 0.387. The molecular formula is C19H25N3O2S. The first-order chi connectivity index (χ1) is 12.1. The molecule has 0 spiro atoms. The zero-order chi connectivity index (χ0) is 18.1. The quantitative estimate of drug-likeness (QED) is 0.670. The number of hydrogen-bond donors (Lipinski definition) is 2. The minimum Gasteiger partial charge on any atom is -0.493 e. The molecule has 0 saturated heterocycles. The Morgan fingerprint density at radius 2 is 1.84 bits per heavy atom. The Kier molecular flexibility index (Phi) is 7.50. The zero-order valence-electron chi connectivity index (χ0n) is 14.5. The maximum absolute atomic E-state index is 5.90. The smallest absolute Gasteiger partial charge is 0.166 e. The molecule has 0 amide bonds. The standard InChI is InChI=1S/C19H25N3O2S/c1-23-18-13-16(7-8-17(18)24-12-10-20)14-22(19(21)25)11-9-15-5-3-2-4-6-15/h2-8,13H,9-12,14,20H2,1H3,(H2,21,25). The fourth-order valence-corrected chi connectivity index (χ4v) is 2.65. The molecule has 5 nitrogen and oxygen atoms in total. The van der Waals surface area contributed by atoms with E-state index in [1.165, 1.54) is 5.56 Å². The van der Waals surface area contributed by atoms with Crippen LogP contribution in [0.3, 0.4) is 0 Å². The number of nitrogens with two attached hydrogens (primary N) is 2. The van der Waals surface area contributed by atoms with Crippen molar-refractivity contribution in [3.63, 3.8) is 0 Å². The molecule has 0 fully saturated rings. The second kappa shape index (κ2) is 9.86. The van der Waals surface area contributed by atoms with E-state index in [1.807, 2.05) is 41.3 Å². The van der Waals surface area contributed by atoms with Gasteiger partial charge in [0.1, 0.15) is 6.61 Å². The second-order valence-corrected chi connectivity index (χ2v) is 6.04. The van der Waals surface area contributed by atoms with E-state index in [-0.39, 0.29) is 0 Å². The van der Waals surface area contributed by atoms with Crippen LogP contribution in [0.4, 0.5) is 0 Å². The molecule has 2 rings (SSSR count). The van der Waals surface area contributed by atoms with Gasteiger partial charge in [-0.1, -0.05) is 36.4 Å². The van der Waals surface area contributed by atoms with Crippen molar-refractivity contribution in [2.24, 2.45) is 11.5 Å². The van der Waals surface area contributed by atoms with Crippen LogP contribution in [-0.2, 0) is 13.0 Å². The first kappa shape index (κ1) is 19.0. The van der Waals surface area contributed by atoms with Gasteiger partial charge in [0.25, 0.3) is 0 Å². The molecule has 0 unspecified atom stereocenters. The van der Waals surface area contributed by atoms with Crippen molar-refractivity contribution in [2.45, 2.75) is 13.0 Å². The number of thiocarbonyl (C=S) groups is 1. The van der Waals surface area contributed by atoms with Gasteiger partial charge in [-0.25, -0.2) is 0 Å². The van der Waals surface area contributed by atoms with Crippen LogP contribution < -0.4 is 20.9 Å². The molecule has 2 aromatic rings. The number of ether oxygens (including phenoxy) is 2. The van der Waals surface area contributed by atoms with Crippen LogP contribution in [0.25, 0.3) is 0 Å². The van der Waals surface area contributed by atoms with Gasteiger partial charge in [0, 0.05) is 19.6 Å². The summed E-state index contributed by atoms with van der Waals surface area (Å²) in [6.45, 7) is 2.29. The molecule has 0 aromatic heterocycles. The Balaban J connectivity index is 2.04. The lowest BCUT2D eigenvalue weighted by Crippen LogP contribution is -2.36. The van der Waals surface area contributed by atoms with Crippen LogP contribution in [0.2, 0.25) is 0 Å². The summed E-state index contributed by atoms with van der Waals surface area (Å²) in [5.41, 5.74) is 13.7. The normalized spacial score (nSPS) is 10.3. The monoisotopic (exact) mass is 359 g/mol. The molecule has 25 heavy (non-hydrogen) atoms. The Morgan fingerprint density at radius 1 is 1.08 bits per heavy atom. The Bertz CT molecular complexity index is 680. The predicted octanol–water partition coefficient (Wildman–Crippen LogP) is 2.32. The van der Waals surface area contributed by atoms with Gasteiger partial charge in [-0.2, -0.15) is 0 Å². The van der Waals surface area contributed by atoms with E-state index in [2.05, 4.69) is 12.1 Å². The van der Waals surface area contributed by atoms with E-state index in [9.17, 15) is 0 Å². The molecule has 0 heterocycles. The highest BCUT2D eigenvalue weighted by Gasteiger charge is 2.11. The van der Waals surface area contributed by atoms with Crippen molar-refractivity contribution in [3.8, 4) is 11.5 Å². The molecule has 0 aliphatic rings. The summed E-state index contributed by atoms with van der Waals surface area (Å²) in [4.78, 5) is 1.98. The maximum Gasteiger partial charge on any atom is 0.166 e. The fraction of sp³-hybridized carbons (Fsp3) is 0.316. The van der Waals surface area contributed by atoms with Crippen LogP contribution in [-0.4, -0.2) is 36.8 Å². The van der Waals surface area contributed by atoms with Gasteiger partial charge >= 0.3 is 0 Å². The molecular weight excluding hydrogens is 334 g/mol. The largest absolute Gasteiger partial charge is 0.493 e. The van der Waals surface area contributed by atoms with Crippen LogP contribution in [0, 0.1) is 0 Å². The van der Waals surface area contributed by atoms with Gasteiger partial charge in [0.2, 0.25) is 0 Å². The van der Waals surface area contributed by atoms with Crippen LogP contribution in [0.5, 0.6) is 11.5 Å². The zero-order valence-corrected chi connectivity index (χ0v) is 15.3. The highest BCUT2D eigenvalue weighted by atomic mass is 32.1. The predicted molar refractivity (Wildman–Crippen MR) is 105 cm³/mol. The van der Waals surface area contributed by atoms with E-state index in [4.69, 9.17) is 33.2 Å². The minimum atomic E-state index is 0.387. The van der Waals surface area contributed by atoms with E-state index in [1.54, 1.807) is 7.11 Å². The van der Waals surface area contributed by atoms with Crippen molar-refractivity contribution in [1.29, 1.82) is 0 Å². The fourth-order valence-electron chi connectivity index (χ4n) is 2.49. The van der Waals surface area contributed by atoms with Crippen LogP contribution >= 0.6 is 12.2 Å². The lowest BCUT2D eigenvalue weighted by Gasteiger charge is -2.23. The first-order valence-corrected chi connectivity index (χ1v) is 8.63. The third-order valence-corrected chi connectivity index (χ3v) is 4.06. The molecule has 0 aliphatic carbocycles. The van der Waals surface area contributed by atoms with Gasteiger partial charge < -0.3 is 25.8 Å². The van der Waals surface area contributed by atoms with Crippen molar-refractivity contribution in [1.82, 2.24) is 4.90 Å². The molecule has 0 radical (unpaired) electrons. The van der Waals surface area contributed by atoms with E-state index < -0.39 is 0 Å². The van der Waals surface area contributed by atoms with Crippen LogP contribution in [0.15, 0.2) is 48.5 Å². The molecule has 0 bridgehead atoms. The molecule has 0 atom stereocenters. The number of benzene rings is 2.